The Morgan fingerprint density at radius 2 is 2.07 bits per heavy atom. The van der Waals surface area contributed by atoms with Gasteiger partial charge in [0.15, 0.2) is 0 Å². The number of hydrogen-bond donors (Lipinski definition) is 1. The van der Waals surface area contributed by atoms with Crippen molar-refractivity contribution < 1.29 is 14.3 Å². The molecule has 2 aromatic heterocycles. The van der Waals surface area contributed by atoms with Crippen molar-refractivity contribution in [3.63, 3.8) is 0 Å². The molecule has 0 radical (unpaired) electrons. The number of aromatic nitrogens is 1. The lowest BCUT2D eigenvalue weighted by Crippen LogP contribution is -2.43. The zero-order valence-corrected chi connectivity index (χ0v) is 17.0. The fourth-order valence-electron chi connectivity index (χ4n) is 3.68. The Bertz CT molecular complexity index is 775. The van der Waals surface area contributed by atoms with Gasteiger partial charge in [-0.1, -0.05) is 0 Å². The van der Waals surface area contributed by atoms with E-state index in [1.54, 1.807) is 11.3 Å². The van der Waals surface area contributed by atoms with E-state index in [0.29, 0.717) is 32.8 Å². The first kappa shape index (κ1) is 19.9. The van der Waals surface area contributed by atoms with Crippen LogP contribution in [0.15, 0.2) is 17.5 Å². The number of likely N-dealkylation sites (tertiary alicyclic amines) is 1. The van der Waals surface area contributed by atoms with Gasteiger partial charge in [0.25, 0.3) is 5.91 Å². The van der Waals surface area contributed by atoms with Crippen LogP contribution in [0.25, 0.3) is 10.2 Å². The number of nitrogens with zero attached hydrogens (tertiary/aromatic N) is 2. The monoisotopic (exact) mass is 391 g/mol. The molecule has 0 spiro atoms. The first-order valence-electron chi connectivity index (χ1n) is 9.87. The van der Waals surface area contributed by atoms with Gasteiger partial charge in [-0.05, 0) is 50.6 Å². The molecule has 1 saturated heterocycles. The fourth-order valence-corrected chi connectivity index (χ4v) is 4.50. The van der Waals surface area contributed by atoms with E-state index in [9.17, 15) is 9.59 Å². The zero-order chi connectivity index (χ0) is 19.2. The van der Waals surface area contributed by atoms with Crippen molar-refractivity contribution in [3.8, 4) is 0 Å². The smallest absolute Gasteiger partial charge is 0.270 e. The number of nitrogens with one attached hydrogen (secondary N) is 1. The second-order valence-corrected chi connectivity index (χ2v) is 7.80. The van der Waals surface area contributed by atoms with Crippen LogP contribution in [-0.2, 0) is 16.1 Å². The number of carbonyl (C=O) groups is 2. The molecular weight excluding hydrogens is 362 g/mol. The van der Waals surface area contributed by atoms with Crippen LogP contribution in [0.3, 0.4) is 0 Å². The van der Waals surface area contributed by atoms with E-state index in [4.69, 9.17) is 4.74 Å². The molecule has 3 heterocycles. The second kappa shape index (κ2) is 9.37. The summed E-state index contributed by atoms with van der Waals surface area (Å²) in [5.74, 6) is 0.189. The lowest BCUT2D eigenvalue weighted by molar-refractivity contribution is -0.126. The van der Waals surface area contributed by atoms with Crippen molar-refractivity contribution in [1.82, 2.24) is 14.8 Å². The third-order valence-electron chi connectivity index (χ3n) is 5.18. The number of hydrogen-bond acceptors (Lipinski definition) is 4. The molecule has 0 atom stereocenters. The Balaban J connectivity index is 1.51. The molecular formula is C20H29N3O3S. The van der Waals surface area contributed by atoms with Gasteiger partial charge < -0.3 is 19.5 Å². The highest BCUT2D eigenvalue weighted by atomic mass is 32.1. The molecule has 7 heteroatoms. The number of carbonyl (C=O) groups excluding carboxylic acids is 2. The maximum Gasteiger partial charge on any atom is 0.270 e. The number of thiophene rings is 1. The second-order valence-electron chi connectivity index (χ2n) is 6.85. The highest BCUT2D eigenvalue weighted by molar-refractivity contribution is 7.17. The Hall–Kier alpha value is -1.86. The minimum Gasteiger partial charge on any atom is -0.382 e. The summed E-state index contributed by atoms with van der Waals surface area (Å²) in [6, 6.07) is 4.07. The minimum absolute atomic E-state index is 0.00241. The first-order chi connectivity index (χ1) is 13.2. The Morgan fingerprint density at radius 1 is 1.30 bits per heavy atom. The standard InChI is InChI=1S/C20H29N3O3S/c1-3-23-16-8-13-27-18(16)14-17(23)20(25)22-10-6-15(7-11-22)19(24)21-9-5-12-26-4-2/h8,13-15H,3-7,9-12H2,1-2H3,(H,21,24). The summed E-state index contributed by atoms with van der Waals surface area (Å²) in [5, 5.41) is 5.05. The molecule has 0 saturated carbocycles. The first-order valence-corrected chi connectivity index (χ1v) is 10.7. The van der Waals surface area contributed by atoms with Crippen LogP contribution in [-0.4, -0.2) is 54.1 Å². The molecule has 148 valence electrons. The predicted molar refractivity (Wildman–Crippen MR) is 108 cm³/mol. The van der Waals surface area contributed by atoms with Crippen molar-refractivity contribution in [3.05, 3.63) is 23.2 Å². The molecule has 0 aromatic carbocycles. The SMILES string of the molecule is CCOCCCNC(=O)C1CCN(C(=O)c2cc3sccc3n2CC)CC1. The fraction of sp³-hybridized carbons (Fsp3) is 0.600. The molecule has 0 bridgehead atoms. The summed E-state index contributed by atoms with van der Waals surface area (Å²) in [5.41, 5.74) is 1.89. The average molecular weight is 392 g/mol. The molecule has 1 fully saturated rings. The lowest BCUT2D eigenvalue weighted by Gasteiger charge is -2.31. The zero-order valence-electron chi connectivity index (χ0n) is 16.2. The normalized spacial score (nSPS) is 15.4. The van der Waals surface area contributed by atoms with E-state index in [-0.39, 0.29) is 17.7 Å². The quantitative estimate of drug-likeness (QED) is 0.703. The van der Waals surface area contributed by atoms with Gasteiger partial charge in [-0.2, -0.15) is 0 Å². The number of ether oxygens (including phenoxy) is 1. The predicted octanol–water partition coefficient (Wildman–Crippen LogP) is 3.12. The average Bonchev–Trinajstić information content (AvgIpc) is 3.28. The molecule has 27 heavy (non-hydrogen) atoms. The number of amides is 2. The summed E-state index contributed by atoms with van der Waals surface area (Å²) >= 11 is 1.66. The molecule has 3 rings (SSSR count). The maximum absolute atomic E-state index is 13.0. The minimum atomic E-state index is 0.00241. The summed E-state index contributed by atoms with van der Waals surface area (Å²) in [6.45, 7) is 8.12. The van der Waals surface area contributed by atoms with Crippen LogP contribution in [0.1, 0.15) is 43.6 Å². The van der Waals surface area contributed by atoms with Crippen LogP contribution >= 0.6 is 11.3 Å². The van der Waals surface area contributed by atoms with Crippen LogP contribution < -0.4 is 5.32 Å². The van der Waals surface area contributed by atoms with Crippen molar-refractivity contribution in [1.29, 1.82) is 0 Å². The van der Waals surface area contributed by atoms with Gasteiger partial charge in [0.2, 0.25) is 5.91 Å². The highest BCUT2D eigenvalue weighted by Gasteiger charge is 2.29. The molecule has 1 aliphatic rings. The highest BCUT2D eigenvalue weighted by Crippen LogP contribution is 2.27. The Labute approximate surface area is 164 Å². The van der Waals surface area contributed by atoms with Gasteiger partial charge in [-0.25, -0.2) is 0 Å². The van der Waals surface area contributed by atoms with Crippen molar-refractivity contribution in [2.75, 3.05) is 32.8 Å². The van der Waals surface area contributed by atoms with E-state index >= 15 is 0 Å². The number of fused-ring (bicyclic) bond motifs is 1. The van der Waals surface area contributed by atoms with Gasteiger partial charge in [0.05, 0.1) is 10.2 Å². The maximum atomic E-state index is 13.0. The number of aryl methyl sites for hydroxylation is 1. The molecule has 0 unspecified atom stereocenters. The van der Waals surface area contributed by atoms with Crippen molar-refractivity contribution in [2.24, 2.45) is 5.92 Å². The molecule has 1 N–H and O–H groups in total. The van der Waals surface area contributed by atoms with Gasteiger partial charge in [-0.3, -0.25) is 9.59 Å². The topological polar surface area (TPSA) is 63.6 Å². The molecule has 1 aliphatic heterocycles. The van der Waals surface area contributed by atoms with Crippen molar-refractivity contribution >= 4 is 33.4 Å². The van der Waals surface area contributed by atoms with Crippen LogP contribution in [0.4, 0.5) is 0 Å². The van der Waals surface area contributed by atoms with E-state index in [0.717, 1.165) is 41.7 Å². The third-order valence-corrected chi connectivity index (χ3v) is 6.03. The Kier molecular flexibility index (Phi) is 6.90. The van der Waals surface area contributed by atoms with E-state index in [1.807, 2.05) is 17.9 Å². The summed E-state index contributed by atoms with van der Waals surface area (Å²) in [6.07, 6.45) is 2.29. The van der Waals surface area contributed by atoms with Gasteiger partial charge >= 0.3 is 0 Å². The van der Waals surface area contributed by atoms with Crippen molar-refractivity contribution in [2.45, 2.75) is 39.7 Å². The molecule has 0 aliphatic carbocycles. The van der Waals surface area contributed by atoms with E-state index < -0.39 is 0 Å². The largest absolute Gasteiger partial charge is 0.382 e. The summed E-state index contributed by atoms with van der Waals surface area (Å²) < 4.78 is 8.52. The number of piperidine rings is 1. The van der Waals surface area contributed by atoms with Crippen LogP contribution in [0.2, 0.25) is 0 Å². The van der Waals surface area contributed by atoms with E-state index in [2.05, 4.69) is 28.3 Å². The summed E-state index contributed by atoms with van der Waals surface area (Å²) in [4.78, 5) is 27.2. The Morgan fingerprint density at radius 3 is 2.78 bits per heavy atom. The van der Waals surface area contributed by atoms with E-state index in [1.165, 1.54) is 0 Å². The van der Waals surface area contributed by atoms with Gasteiger partial charge in [0, 0.05) is 45.3 Å². The molecule has 6 nitrogen and oxygen atoms in total. The van der Waals surface area contributed by atoms with Crippen LogP contribution in [0, 0.1) is 5.92 Å². The molecule has 2 amide bonds. The lowest BCUT2D eigenvalue weighted by atomic mass is 9.95. The number of rotatable bonds is 8. The van der Waals surface area contributed by atoms with Gasteiger partial charge in [0.1, 0.15) is 5.69 Å². The summed E-state index contributed by atoms with van der Waals surface area (Å²) in [7, 11) is 0. The van der Waals surface area contributed by atoms with Gasteiger partial charge in [-0.15, -0.1) is 11.3 Å². The molecule has 2 aromatic rings. The van der Waals surface area contributed by atoms with Crippen LogP contribution in [0.5, 0.6) is 0 Å². The third kappa shape index (κ3) is 4.52.